The van der Waals surface area contributed by atoms with E-state index < -0.39 is 0 Å². The fourth-order valence-electron chi connectivity index (χ4n) is 2.02. The predicted octanol–water partition coefficient (Wildman–Crippen LogP) is 1.26. The molecule has 0 bridgehead atoms. The van der Waals surface area contributed by atoms with Crippen LogP contribution in [0.3, 0.4) is 0 Å². The van der Waals surface area contributed by atoms with Crippen LogP contribution in [0, 0.1) is 0 Å². The Morgan fingerprint density at radius 2 is 2.10 bits per heavy atom. The second kappa shape index (κ2) is 5.14. The van der Waals surface area contributed by atoms with Gasteiger partial charge in [0.15, 0.2) is 0 Å². The van der Waals surface area contributed by atoms with Crippen molar-refractivity contribution in [3.05, 3.63) is 42.2 Å². The summed E-state index contributed by atoms with van der Waals surface area (Å²) in [5, 5.41) is 8.38. The zero-order valence-corrected chi connectivity index (χ0v) is 11.0. The monoisotopic (exact) mass is 269 g/mol. The molecule has 0 saturated carbocycles. The first-order valence-corrected chi connectivity index (χ1v) is 6.21. The minimum atomic E-state index is 0.386. The third kappa shape index (κ3) is 2.39. The molecule has 1 aromatic carbocycles. The molecule has 102 valence electrons. The average molecular weight is 269 g/mol. The molecule has 0 saturated heterocycles. The Morgan fingerprint density at radius 1 is 1.25 bits per heavy atom. The number of benzene rings is 1. The average Bonchev–Trinajstić information content (AvgIpc) is 2.90. The second-order valence-electron chi connectivity index (χ2n) is 4.43. The summed E-state index contributed by atoms with van der Waals surface area (Å²) in [5.74, 6) is 6.53. The highest BCUT2D eigenvalue weighted by atomic mass is 15.3. The van der Waals surface area contributed by atoms with Crippen LogP contribution in [0.1, 0.15) is 5.56 Å². The summed E-state index contributed by atoms with van der Waals surface area (Å²) in [6, 6.07) is 7.78. The molecule has 0 radical (unpaired) electrons. The summed E-state index contributed by atoms with van der Waals surface area (Å²) in [5.41, 5.74) is 4.40. The van der Waals surface area contributed by atoms with E-state index in [4.69, 9.17) is 5.84 Å². The number of aromatic nitrogens is 4. The number of hydrogen-bond acceptors (Lipinski definition) is 6. The largest absolute Gasteiger partial charge is 0.365 e. The number of hydrogen-bond donors (Lipinski definition) is 3. The van der Waals surface area contributed by atoms with Crippen molar-refractivity contribution in [1.29, 1.82) is 0 Å². The predicted molar refractivity (Wildman–Crippen MR) is 77.9 cm³/mol. The van der Waals surface area contributed by atoms with Crippen molar-refractivity contribution in [2.24, 2.45) is 12.9 Å². The fourth-order valence-corrected chi connectivity index (χ4v) is 2.02. The van der Waals surface area contributed by atoms with E-state index in [0.29, 0.717) is 12.5 Å². The van der Waals surface area contributed by atoms with Gasteiger partial charge in [-0.2, -0.15) is 10.1 Å². The van der Waals surface area contributed by atoms with E-state index in [-0.39, 0.29) is 0 Å². The van der Waals surface area contributed by atoms with Crippen molar-refractivity contribution >= 4 is 22.7 Å². The van der Waals surface area contributed by atoms with Crippen molar-refractivity contribution in [2.45, 2.75) is 6.54 Å². The van der Waals surface area contributed by atoms with Gasteiger partial charge < -0.3 is 5.32 Å². The topological polar surface area (TPSA) is 93.7 Å². The van der Waals surface area contributed by atoms with Crippen molar-refractivity contribution in [3.8, 4) is 0 Å². The van der Waals surface area contributed by atoms with E-state index in [9.17, 15) is 0 Å². The molecule has 3 rings (SSSR count). The molecule has 2 heterocycles. The van der Waals surface area contributed by atoms with Crippen LogP contribution < -0.4 is 16.6 Å². The molecule has 0 aliphatic heterocycles. The number of nitrogens with one attached hydrogen (secondary N) is 2. The second-order valence-corrected chi connectivity index (χ2v) is 4.43. The fraction of sp³-hybridized carbons (Fsp3) is 0.154. The molecule has 3 aromatic rings. The number of nitrogens with zero attached hydrogens (tertiary/aromatic N) is 4. The Labute approximate surface area is 115 Å². The van der Waals surface area contributed by atoms with Gasteiger partial charge in [0.25, 0.3) is 0 Å². The Balaban J connectivity index is 1.93. The molecule has 7 heteroatoms. The van der Waals surface area contributed by atoms with Crippen molar-refractivity contribution in [3.63, 3.8) is 0 Å². The van der Waals surface area contributed by atoms with E-state index in [1.54, 1.807) is 4.68 Å². The Kier molecular flexibility index (Phi) is 3.18. The van der Waals surface area contributed by atoms with Gasteiger partial charge in [0.05, 0.1) is 11.7 Å². The van der Waals surface area contributed by atoms with Crippen LogP contribution in [0.25, 0.3) is 10.9 Å². The van der Waals surface area contributed by atoms with E-state index in [1.807, 2.05) is 43.7 Å². The lowest BCUT2D eigenvalue weighted by Gasteiger charge is -2.09. The number of fused-ring (bicyclic) bond motifs is 1. The highest BCUT2D eigenvalue weighted by Gasteiger charge is 2.06. The molecule has 0 aliphatic carbocycles. The molecule has 4 N–H and O–H groups in total. The lowest BCUT2D eigenvalue weighted by atomic mass is 10.2. The number of nitrogens with two attached hydrogens (primary N) is 1. The smallest absolute Gasteiger partial charge is 0.239 e. The molecular weight excluding hydrogens is 254 g/mol. The van der Waals surface area contributed by atoms with Gasteiger partial charge in [0.2, 0.25) is 5.95 Å². The minimum Gasteiger partial charge on any atom is -0.365 e. The zero-order chi connectivity index (χ0) is 13.9. The molecule has 0 aliphatic rings. The summed E-state index contributed by atoms with van der Waals surface area (Å²) < 4.78 is 1.77. The van der Waals surface area contributed by atoms with Crippen molar-refractivity contribution < 1.29 is 0 Å². The molecule has 7 nitrogen and oxygen atoms in total. The van der Waals surface area contributed by atoms with Gasteiger partial charge in [-0.1, -0.05) is 12.1 Å². The van der Waals surface area contributed by atoms with E-state index in [1.165, 1.54) is 0 Å². The molecule has 2 aromatic heterocycles. The lowest BCUT2D eigenvalue weighted by molar-refractivity contribution is 0.767. The van der Waals surface area contributed by atoms with Crippen molar-refractivity contribution in [1.82, 2.24) is 19.7 Å². The normalized spacial score (nSPS) is 10.7. The molecule has 0 unspecified atom stereocenters. The van der Waals surface area contributed by atoms with Gasteiger partial charge in [-0.25, -0.2) is 10.8 Å². The Morgan fingerprint density at radius 3 is 2.85 bits per heavy atom. The number of rotatable bonds is 4. The van der Waals surface area contributed by atoms with Gasteiger partial charge in [0.1, 0.15) is 5.82 Å². The lowest BCUT2D eigenvalue weighted by Crippen LogP contribution is -2.12. The summed E-state index contributed by atoms with van der Waals surface area (Å²) >= 11 is 0. The van der Waals surface area contributed by atoms with Gasteiger partial charge >= 0.3 is 0 Å². The maximum Gasteiger partial charge on any atom is 0.239 e. The third-order valence-electron chi connectivity index (χ3n) is 2.95. The Bertz CT molecular complexity index is 734. The van der Waals surface area contributed by atoms with Gasteiger partial charge in [0, 0.05) is 30.7 Å². The standard InChI is InChI=1S/C13H15N7/c1-20-8-9(7-16-20)6-15-12-10-4-2-3-5-11(10)17-13(18-12)19-14/h2-5,7-8H,6,14H2,1H3,(H2,15,17,18,19). The number of nitrogen functional groups attached to an aromatic ring is 1. The van der Waals surface area contributed by atoms with Crippen LogP contribution in [0.4, 0.5) is 11.8 Å². The van der Waals surface area contributed by atoms with Crippen LogP contribution in [0.15, 0.2) is 36.7 Å². The van der Waals surface area contributed by atoms with Gasteiger partial charge in [-0.05, 0) is 12.1 Å². The van der Waals surface area contributed by atoms with Crippen LogP contribution in [-0.4, -0.2) is 19.7 Å². The number of anilines is 2. The quantitative estimate of drug-likeness (QED) is 0.487. The van der Waals surface area contributed by atoms with Crippen LogP contribution >= 0.6 is 0 Å². The van der Waals surface area contributed by atoms with E-state index in [2.05, 4.69) is 25.8 Å². The summed E-state index contributed by atoms with van der Waals surface area (Å²) in [4.78, 5) is 8.67. The molecule has 0 amide bonds. The van der Waals surface area contributed by atoms with Gasteiger partial charge in [-0.3, -0.25) is 10.1 Å². The highest BCUT2D eigenvalue weighted by Crippen LogP contribution is 2.21. The van der Waals surface area contributed by atoms with Gasteiger partial charge in [-0.15, -0.1) is 0 Å². The first-order valence-electron chi connectivity index (χ1n) is 6.21. The molecule has 0 spiro atoms. The Hall–Kier alpha value is -2.67. The molecule has 20 heavy (non-hydrogen) atoms. The zero-order valence-electron chi connectivity index (χ0n) is 11.0. The highest BCUT2D eigenvalue weighted by molar-refractivity contribution is 5.89. The minimum absolute atomic E-state index is 0.386. The summed E-state index contributed by atoms with van der Waals surface area (Å²) in [6.07, 6.45) is 3.77. The number of para-hydroxylation sites is 1. The first kappa shape index (κ1) is 12.4. The van der Waals surface area contributed by atoms with E-state index >= 15 is 0 Å². The molecule has 0 atom stereocenters. The maximum absolute atomic E-state index is 5.40. The third-order valence-corrected chi connectivity index (χ3v) is 2.95. The SMILES string of the molecule is Cn1cc(CNc2nc(NN)nc3ccccc23)cn1. The maximum atomic E-state index is 5.40. The summed E-state index contributed by atoms with van der Waals surface area (Å²) in [6.45, 7) is 0.638. The van der Waals surface area contributed by atoms with Crippen LogP contribution in [0.5, 0.6) is 0 Å². The summed E-state index contributed by atoms with van der Waals surface area (Å²) in [7, 11) is 1.89. The molecular formula is C13H15N7. The first-order chi connectivity index (χ1) is 9.76. The number of aryl methyl sites for hydroxylation is 1. The molecule has 0 fully saturated rings. The number of hydrazine groups is 1. The van der Waals surface area contributed by atoms with Crippen LogP contribution in [-0.2, 0) is 13.6 Å². The van der Waals surface area contributed by atoms with E-state index in [0.717, 1.165) is 22.3 Å². The van der Waals surface area contributed by atoms with Crippen LogP contribution in [0.2, 0.25) is 0 Å². The van der Waals surface area contributed by atoms with Crippen molar-refractivity contribution in [2.75, 3.05) is 10.7 Å².